The van der Waals surface area contributed by atoms with Gasteiger partial charge in [0.15, 0.2) is 0 Å². The van der Waals surface area contributed by atoms with Crippen LogP contribution in [-0.2, 0) is 27.9 Å². The van der Waals surface area contributed by atoms with E-state index >= 15 is 0 Å². The van der Waals surface area contributed by atoms with Crippen LogP contribution in [0.4, 0.5) is 4.39 Å². The fourth-order valence-electron chi connectivity index (χ4n) is 2.47. The lowest BCUT2D eigenvalue weighted by molar-refractivity contribution is -0.130. The van der Waals surface area contributed by atoms with E-state index in [2.05, 4.69) is 0 Å². The van der Waals surface area contributed by atoms with E-state index in [1.54, 1.807) is 32.4 Å². The smallest absolute Gasteiger partial charge is 0.237 e. The summed E-state index contributed by atoms with van der Waals surface area (Å²) < 4.78 is 44.0. The molecule has 1 amide bonds. The number of sulfonamides is 1. The summed E-state index contributed by atoms with van der Waals surface area (Å²) in [5.41, 5.74) is 1.10. The number of rotatable bonds is 8. The topological polar surface area (TPSA) is 66.9 Å². The van der Waals surface area contributed by atoms with Gasteiger partial charge in [-0.15, -0.1) is 0 Å². The first-order chi connectivity index (χ1) is 12.7. The van der Waals surface area contributed by atoms with E-state index in [0.717, 1.165) is 16.1 Å². The van der Waals surface area contributed by atoms with Crippen molar-refractivity contribution in [3.8, 4) is 5.75 Å². The van der Waals surface area contributed by atoms with Crippen LogP contribution in [0.5, 0.6) is 5.75 Å². The molecule has 0 aromatic heterocycles. The van der Waals surface area contributed by atoms with Crippen molar-refractivity contribution in [3.63, 3.8) is 0 Å². The Balaban J connectivity index is 2.07. The maximum atomic E-state index is 13.9. The van der Waals surface area contributed by atoms with E-state index in [4.69, 9.17) is 4.74 Å². The van der Waals surface area contributed by atoms with Crippen molar-refractivity contribution in [2.45, 2.75) is 13.1 Å². The number of hydrogen-bond donors (Lipinski definition) is 0. The van der Waals surface area contributed by atoms with E-state index in [1.165, 1.54) is 23.1 Å². The Kier molecular flexibility index (Phi) is 6.92. The van der Waals surface area contributed by atoms with Crippen molar-refractivity contribution in [1.82, 2.24) is 9.21 Å². The van der Waals surface area contributed by atoms with E-state index in [9.17, 15) is 17.6 Å². The zero-order chi connectivity index (χ0) is 20.0. The second kappa shape index (κ2) is 8.96. The third-order valence-electron chi connectivity index (χ3n) is 4.09. The highest BCUT2D eigenvalue weighted by Gasteiger charge is 2.23. The van der Waals surface area contributed by atoms with Crippen molar-refractivity contribution >= 4 is 15.9 Å². The summed E-state index contributed by atoms with van der Waals surface area (Å²) in [6.07, 6.45) is 1.00. The van der Waals surface area contributed by atoms with Crippen LogP contribution in [0.1, 0.15) is 11.1 Å². The highest BCUT2D eigenvalue weighted by Crippen LogP contribution is 2.15. The highest BCUT2D eigenvalue weighted by molar-refractivity contribution is 7.88. The van der Waals surface area contributed by atoms with Crippen molar-refractivity contribution in [2.24, 2.45) is 0 Å². The number of nitrogens with zero attached hydrogens (tertiary/aromatic N) is 2. The van der Waals surface area contributed by atoms with Gasteiger partial charge in [-0.3, -0.25) is 4.79 Å². The minimum Gasteiger partial charge on any atom is -0.497 e. The molecule has 6 nitrogen and oxygen atoms in total. The first-order valence-corrected chi connectivity index (χ1v) is 10.1. The van der Waals surface area contributed by atoms with Gasteiger partial charge in [-0.05, 0) is 23.8 Å². The number of benzene rings is 2. The highest BCUT2D eigenvalue weighted by atomic mass is 32.2. The van der Waals surface area contributed by atoms with E-state index in [1.807, 2.05) is 12.1 Å². The van der Waals surface area contributed by atoms with Crippen LogP contribution in [0.15, 0.2) is 48.5 Å². The molecule has 0 heterocycles. The Hall–Kier alpha value is -2.45. The van der Waals surface area contributed by atoms with Gasteiger partial charge in [0, 0.05) is 25.7 Å². The molecule has 27 heavy (non-hydrogen) atoms. The van der Waals surface area contributed by atoms with Gasteiger partial charge in [-0.25, -0.2) is 12.8 Å². The first-order valence-electron chi connectivity index (χ1n) is 8.26. The molecule has 0 bridgehead atoms. The molecule has 0 aliphatic heterocycles. The fraction of sp³-hybridized carbons (Fsp3) is 0.316. The quantitative estimate of drug-likeness (QED) is 0.689. The van der Waals surface area contributed by atoms with Gasteiger partial charge in [-0.1, -0.05) is 30.3 Å². The monoisotopic (exact) mass is 394 g/mol. The maximum absolute atomic E-state index is 13.9. The Morgan fingerprint density at radius 1 is 1.07 bits per heavy atom. The molecular formula is C19H23FN2O4S. The van der Waals surface area contributed by atoms with Crippen LogP contribution in [0.3, 0.4) is 0 Å². The van der Waals surface area contributed by atoms with Gasteiger partial charge in [0.1, 0.15) is 11.6 Å². The van der Waals surface area contributed by atoms with Crippen molar-refractivity contribution in [3.05, 3.63) is 65.5 Å². The zero-order valence-corrected chi connectivity index (χ0v) is 16.4. The molecular weight excluding hydrogens is 371 g/mol. The van der Waals surface area contributed by atoms with Crippen LogP contribution in [0.2, 0.25) is 0 Å². The molecule has 8 heteroatoms. The summed E-state index contributed by atoms with van der Waals surface area (Å²) in [6.45, 7) is -0.242. The zero-order valence-electron chi connectivity index (χ0n) is 15.6. The lowest BCUT2D eigenvalue weighted by atomic mass is 10.2. The summed E-state index contributed by atoms with van der Waals surface area (Å²) in [4.78, 5) is 13.9. The van der Waals surface area contributed by atoms with Crippen LogP contribution < -0.4 is 4.74 Å². The molecule has 0 fully saturated rings. The van der Waals surface area contributed by atoms with E-state index in [-0.39, 0.29) is 24.6 Å². The van der Waals surface area contributed by atoms with Crippen molar-refractivity contribution in [2.75, 3.05) is 27.0 Å². The molecule has 2 aromatic carbocycles. The van der Waals surface area contributed by atoms with Gasteiger partial charge in [0.05, 0.1) is 19.9 Å². The van der Waals surface area contributed by atoms with E-state index in [0.29, 0.717) is 12.3 Å². The Morgan fingerprint density at radius 2 is 1.70 bits per heavy atom. The number of amides is 1. The molecule has 0 aliphatic carbocycles. The number of ether oxygens (including phenoxy) is 1. The van der Waals surface area contributed by atoms with Gasteiger partial charge < -0.3 is 9.64 Å². The normalized spacial score (nSPS) is 11.4. The SMILES string of the molecule is COc1ccc(CN(C)C(=O)CN(Cc2ccccc2F)S(C)(=O)=O)cc1. The Morgan fingerprint density at radius 3 is 2.26 bits per heavy atom. The van der Waals surface area contributed by atoms with Crippen LogP contribution in [-0.4, -0.2) is 50.5 Å². The molecule has 0 N–H and O–H groups in total. The minimum absolute atomic E-state index is 0.201. The Bertz CT molecular complexity index is 885. The molecule has 0 saturated carbocycles. The summed E-state index contributed by atoms with van der Waals surface area (Å²) in [7, 11) is -0.525. The molecule has 2 rings (SSSR count). The number of halogens is 1. The second-order valence-electron chi connectivity index (χ2n) is 6.22. The third kappa shape index (κ3) is 6.04. The van der Waals surface area contributed by atoms with E-state index < -0.39 is 15.8 Å². The second-order valence-corrected chi connectivity index (χ2v) is 8.20. The van der Waals surface area contributed by atoms with Crippen molar-refractivity contribution in [1.29, 1.82) is 0 Å². The number of carbonyl (C=O) groups excluding carboxylic acids is 1. The molecule has 0 saturated heterocycles. The minimum atomic E-state index is -3.69. The largest absolute Gasteiger partial charge is 0.497 e. The first kappa shape index (κ1) is 20.9. The molecule has 0 aliphatic rings. The molecule has 0 spiro atoms. The standard InChI is InChI=1S/C19H23FN2O4S/c1-21(12-15-8-10-17(26-2)11-9-15)19(23)14-22(27(3,24)25)13-16-6-4-5-7-18(16)20/h4-11H,12-14H2,1-3H3. The van der Waals surface area contributed by atoms with Gasteiger partial charge in [0.2, 0.25) is 15.9 Å². The number of likely N-dealkylation sites (N-methyl/N-ethyl adjacent to an activating group) is 1. The van der Waals surface area contributed by atoms with Gasteiger partial charge >= 0.3 is 0 Å². The molecule has 0 unspecified atom stereocenters. The predicted octanol–water partition coefficient (Wildman–Crippen LogP) is 2.25. The van der Waals surface area contributed by atoms with Gasteiger partial charge in [-0.2, -0.15) is 4.31 Å². The van der Waals surface area contributed by atoms with Gasteiger partial charge in [0.25, 0.3) is 0 Å². The predicted molar refractivity (Wildman–Crippen MR) is 101 cm³/mol. The summed E-state index contributed by atoms with van der Waals surface area (Å²) in [5, 5.41) is 0. The van der Waals surface area contributed by atoms with Crippen LogP contribution in [0, 0.1) is 5.82 Å². The third-order valence-corrected chi connectivity index (χ3v) is 5.29. The molecule has 2 aromatic rings. The maximum Gasteiger partial charge on any atom is 0.237 e. The average Bonchev–Trinajstić information content (AvgIpc) is 2.62. The summed E-state index contributed by atoms with van der Waals surface area (Å²) in [5.74, 6) is -0.182. The number of methoxy groups -OCH3 is 1. The summed E-state index contributed by atoms with van der Waals surface area (Å²) >= 11 is 0. The van der Waals surface area contributed by atoms with Crippen molar-refractivity contribution < 1.29 is 22.3 Å². The fourth-order valence-corrected chi connectivity index (χ4v) is 3.19. The summed E-state index contributed by atoms with van der Waals surface area (Å²) in [6, 6.07) is 13.1. The lowest BCUT2D eigenvalue weighted by Crippen LogP contribution is -2.40. The molecule has 0 atom stereocenters. The van der Waals surface area contributed by atoms with Crippen LogP contribution in [0.25, 0.3) is 0 Å². The lowest BCUT2D eigenvalue weighted by Gasteiger charge is -2.24. The number of hydrogen-bond acceptors (Lipinski definition) is 4. The Labute approximate surface area is 159 Å². The molecule has 0 radical (unpaired) electrons. The average molecular weight is 394 g/mol. The van der Waals surface area contributed by atoms with Crippen LogP contribution >= 0.6 is 0 Å². The molecule has 146 valence electrons. The number of carbonyl (C=O) groups is 1.